The lowest BCUT2D eigenvalue weighted by atomic mass is 9.59. The Morgan fingerprint density at radius 3 is 2.80 bits per heavy atom. The lowest BCUT2D eigenvalue weighted by molar-refractivity contribution is -0.144. The highest BCUT2D eigenvalue weighted by molar-refractivity contribution is 7.59. The van der Waals surface area contributed by atoms with Gasteiger partial charge in [-0.15, -0.1) is 0 Å². The molecule has 1 amide bonds. The molecule has 7 heteroatoms. The Labute approximate surface area is 188 Å². The van der Waals surface area contributed by atoms with Crippen molar-refractivity contribution in [3.8, 4) is 0 Å². The van der Waals surface area contributed by atoms with E-state index in [9.17, 15) is 9.59 Å². The number of piperidine rings is 1. The zero-order chi connectivity index (χ0) is 20.3. The van der Waals surface area contributed by atoms with E-state index in [0.717, 1.165) is 18.5 Å². The number of amides is 1. The van der Waals surface area contributed by atoms with E-state index in [1.165, 1.54) is 0 Å². The van der Waals surface area contributed by atoms with Gasteiger partial charge in [-0.2, -0.15) is 13.5 Å². The molecule has 6 nitrogen and oxygen atoms in total. The van der Waals surface area contributed by atoms with Crippen LogP contribution in [0.4, 0.5) is 4.79 Å². The number of rotatable bonds is 5. The van der Waals surface area contributed by atoms with Gasteiger partial charge < -0.3 is 19.7 Å². The summed E-state index contributed by atoms with van der Waals surface area (Å²) in [6.07, 6.45) is 9.39. The minimum absolute atomic E-state index is 0. The highest BCUT2D eigenvalue weighted by atomic mass is 32.1. The molecule has 0 aromatic carbocycles. The molecule has 1 saturated carbocycles. The van der Waals surface area contributed by atoms with Crippen molar-refractivity contribution in [2.75, 3.05) is 26.7 Å². The summed E-state index contributed by atoms with van der Waals surface area (Å²) in [5.74, 6) is 0.986. The smallest absolute Gasteiger partial charge is 0.409 e. The molecular weight excluding hydrogens is 400 g/mol. The Morgan fingerprint density at radius 2 is 2.17 bits per heavy atom. The number of allylic oxidation sites excluding steroid dienone is 4. The lowest BCUT2D eigenvalue weighted by Gasteiger charge is -2.48. The van der Waals surface area contributed by atoms with Crippen LogP contribution in [0, 0.1) is 29.6 Å². The average molecular weight is 439 g/mol. The first-order valence-electron chi connectivity index (χ1n) is 10.3. The maximum atomic E-state index is 12.5. The number of esters is 1. The van der Waals surface area contributed by atoms with Crippen molar-refractivity contribution in [1.82, 2.24) is 10.2 Å². The minimum Gasteiger partial charge on any atom is -0.462 e. The number of hydrogen-bond donors (Lipinski definition) is 1. The molecule has 0 bridgehead atoms. The predicted molar refractivity (Wildman–Crippen MR) is 124 cm³/mol. The Morgan fingerprint density at radius 1 is 1.43 bits per heavy atom. The highest BCUT2D eigenvalue weighted by Gasteiger charge is 2.54. The summed E-state index contributed by atoms with van der Waals surface area (Å²) in [5.41, 5.74) is 0.982. The Balaban J connectivity index is 0.00000225. The molecule has 0 aromatic rings. The van der Waals surface area contributed by atoms with Gasteiger partial charge in [0.1, 0.15) is 6.10 Å². The van der Waals surface area contributed by atoms with E-state index in [1.54, 1.807) is 11.0 Å². The number of hydrogen-bond acceptors (Lipinski definition) is 5. The zero-order valence-corrected chi connectivity index (χ0v) is 18.6. The van der Waals surface area contributed by atoms with Gasteiger partial charge >= 0.3 is 12.1 Å². The number of carbonyl (C=O) groups is 2. The normalized spacial score (nSPS) is 32.8. The number of nitrogens with one attached hydrogen (secondary N) is 1. The van der Waals surface area contributed by atoms with Crippen LogP contribution in [-0.4, -0.2) is 49.8 Å². The van der Waals surface area contributed by atoms with Crippen molar-refractivity contribution in [3.05, 3.63) is 36.6 Å². The van der Waals surface area contributed by atoms with Crippen LogP contribution in [0.5, 0.6) is 0 Å². The van der Waals surface area contributed by atoms with E-state index in [0.29, 0.717) is 25.6 Å². The molecule has 2 heterocycles. The largest absolute Gasteiger partial charge is 0.462 e. The van der Waals surface area contributed by atoms with Gasteiger partial charge in [0.25, 0.3) is 0 Å². The Hall–Kier alpha value is -1.89. The first kappa shape index (κ1) is 26.1. The number of fused-ring (bicyclic) bond motifs is 2. The van der Waals surface area contributed by atoms with Crippen LogP contribution in [0.1, 0.15) is 34.1 Å². The third-order valence-corrected chi connectivity index (χ3v) is 6.51. The summed E-state index contributed by atoms with van der Waals surface area (Å²) in [6.45, 7) is 9.33. The second-order valence-corrected chi connectivity index (χ2v) is 7.96. The molecule has 6 unspecified atom stereocenters. The molecule has 30 heavy (non-hydrogen) atoms. The van der Waals surface area contributed by atoms with Crippen molar-refractivity contribution in [2.45, 2.75) is 40.2 Å². The van der Waals surface area contributed by atoms with Crippen LogP contribution < -0.4 is 5.32 Å². The first-order valence-corrected chi connectivity index (χ1v) is 10.3. The van der Waals surface area contributed by atoms with Crippen LogP contribution >= 0.6 is 13.5 Å². The second-order valence-electron chi connectivity index (χ2n) is 7.96. The molecule has 3 fully saturated rings. The van der Waals surface area contributed by atoms with Gasteiger partial charge in [-0.1, -0.05) is 26.2 Å². The molecule has 0 spiro atoms. The van der Waals surface area contributed by atoms with Crippen LogP contribution in [-0.2, 0) is 14.3 Å². The SMILES string of the molecule is C.C=C/C=C(/C=C/C1C2CCN(C(=O)OCC)CC2CC2C(=O)OC(C)C21)NC.S. The minimum atomic E-state index is -0.246. The van der Waals surface area contributed by atoms with Crippen molar-refractivity contribution in [2.24, 2.45) is 29.6 Å². The van der Waals surface area contributed by atoms with E-state index < -0.39 is 0 Å². The van der Waals surface area contributed by atoms with Crippen molar-refractivity contribution >= 4 is 25.6 Å². The Kier molecular flexibility index (Phi) is 10.0. The molecule has 1 aliphatic carbocycles. The average Bonchev–Trinajstić information content (AvgIpc) is 2.97. The molecule has 1 N–H and O–H groups in total. The van der Waals surface area contributed by atoms with E-state index in [1.807, 2.05) is 27.0 Å². The van der Waals surface area contributed by atoms with Gasteiger partial charge in [0.2, 0.25) is 0 Å². The summed E-state index contributed by atoms with van der Waals surface area (Å²) < 4.78 is 10.8. The summed E-state index contributed by atoms with van der Waals surface area (Å²) >= 11 is 0. The molecule has 2 aliphatic heterocycles. The van der Waals surface area contributed by atoms with Gasteiger partial charge in [0.15, 0.2) is 0 Å². The zero-order valence-electron chi connectivity index (χ0n) is 17.6. The van der Waals surface area contributed by atoms with Crippen LogP contribution in [0.3, 0.4) is 0 Å². The molecule has 2 saturated heterocycles. The lowest BCUT2D eigenvalue weighted by Crippen LogP contribution is -2.51. The monoisotopic (exact) mass is 438 g/mol. The maximum absolute atomic E-state index is 12.5. The van der Waals surface area contributed by atoms with Gasteiger partial charge in [0.05, 0.1) is 12.5 Å². The molecule has 6 atom stereocenters. The summed E-state index contributed by atoms with van der Waals surface area (Å²) in [4.78, 5) is 26.5. The molecule has 3 rings (SSSR count). The maximum Gasteiger partial charge on any atom is 0.409 e. The number of ether oxygens (including phenoxy) is 2. The standard InChI is InChI=1S/C22H32N2O4.CH4.H2S/c1-5-7-16(23-4)8-9-18-17-10-11-24(22(26)27-6-2)13-15(17)12-19-20(18)14(3)28-21(19)25;;/h5,7-9,14-15,17-20,23H,1,6,10-13H2,2-4H3;1H4;1H2/b9-8+,16-7-;;. The third kappa shape index (κ3) is 5.23. The van der Waals surface area contributed by atoms with Crippen molar-refractivity contribution in [3.63, 3.8) is 0 Å². The number of likely N-dealkylation sites (tertiary alicyclic amines) is 1. The number of cyclic esters (lactones) is 1. The molecular formula is C23H38N2O4S. The van der Waals surface area contributed by atoms with Gasteiger partial charge in [-0.05, 0) is 56.6 Å². The molecule has 0 aromatic heterocycles. The van der Waals surface area contributed by atoms with Crippen molar-refractivity contribution < 1.29 is 19.1 Å². The van der Waals surface area contributed by atoms with E-state index >= 15 is 0 Å². The van der Waals surface area contributed by atoms with Crippen LogP contribution in [0.15, 0.2) is 36.6 Å². The van der Waals surface area contributed by atoms with Gasteiger partial charge in [-0.25, -0.2) is 4.79 Å². The van der Waals surface area contributed by atoms with E-state index in [4.69, 9.17) is 9.47 Å². The topological polar surface area (TPSA) is 67.9 Å². The first-order chi connectivity index (χ1) is 13.5. The molecule has 3 aliphatic rings. The fourth-order valence-corrected chi connectivity index (χ4v) is 5.30. The van der Waals surface area contributed by atoms with Crippen LogP contribution in [0.2, 0.25) is 0 Å². The number of carbonyl (C=O) groups excluding carboxylic acids is 2. The third-order valence-electron chi connectivity index (χ3n) is 6.51. The van der Waals surface area contributed by atoms with E-state index in [-0.39, 0.29) is 62.8 Å². The van der Waals surface area contributed by atoms with Crippen molar-refractivity contribution in [1.29, 1.82) is 0 Å². The van der Waals surface area contributed by atoms with Gasteiger partial charge in [-0.3, -0.25) is 4.79 Å². The Bertz CT molecular complexity index is 678. The molecule has 0 radical (unpaired) electrons. The quantitative estimate of drug-likeness (QED) is 0.521. The molecule has 170 valence electrons. The number of nitrogens with zero attached hydrogens (tertiary/aromatic N) is 1. The summed E-state index contributed by atoms with van der Waals surface area (Å²) in [5, 5.41) is 3.17. The van der Waals surface area contributed by atoms with Crippen LogP contribution in [0.25, 0.3) is 0 Å². The number of likely N-dealkylation sites (N-methyl/N-ethyl adjacent to an activating group) is 1. The second kappa shape index (κ2) is 11.5. The summed E-state index contributed by atoms with van der Waals surface area (Å²) in [6, 6.07) is 0. The highest BCUT2D eigenvalue weighted by Crippen LogP contribution is 2.51. The van der Waals surface area contributed by atoms with Gasteiger partial charge in [0, 0.05) is 31.8 Å². The fraction of sp³-hybridized carbons (Fsp3) is 0.652. The predicted octanol–water partition coefficient (Wildman–Crippen LogP) is 3.87. The summed E-state index contributed by atoms with van der Waals surface area (Å²) in [7, 11) is 1.88. The van der Waals surface area contributed by atoms with E-state index in [2.05, 4.69) is 24.0 Å². The fourth-order valence-electron chi connectivity index (χ4n) is 5.30.